The summed E-state index contributed by atoms with van der Waals surface area (Å²) in [6, 6.07) is 15.4. The molecule has 0 radical (unpaired) electrons. The zero-order valence-corrected chi connectivity index (χ0v) is 14.0. The van der Waals surface area contributed by atoms with Gasteiger partial charge in [-0.3, -0.25) is 9.59 Å². The third-order valence-corrected chi connectivity index (χ3v) is 3.45. The van der Waals surface area contributed by atoms with Gasteiger partial charge in [0.2, 0.25) is 0 Å². The molecule has 0 fully saturated rings. The fourth-order valence-corrected chi connectivity index (χ4v) is 2.04. The molecule has 0 atom stereocenters. The summed E-state index contributed by atoms with van der Waals surface area (Å²) in [7, 11) is 1.19. The van der Waals surface area contributed by atoms with Crippen molar-refractivity contribution in [3.05, 3.63) is 71.3 Å². The van der Waals surface area contributed by atoms with E-state index < -0.39 is 11.9 Å². The molecular formula is C19H18N2O4. The summed E-state index contributed by atoms with van der Waals surface area (Å²) in [5.41, 5.74) is 3.97. The van der Waals surface area contributed by atoms with Gasteiger partial charge in [0.05, 0.1) is 13.5 Å². The van der Waals surface area contributed by atoms with Crippen LogP contribution in [0.5, 0.6) is 0 Å². The zero-order chi connectivity index (χ0) is 18.2. The summed E-state index contributed by atoms with van der Waals surface area (Å²) in [6.07, 6.45) is -0.273. The van der Waals surface area contributed by atoms with Crippen LogP contribution in [0.15, 0.2) is 59.7 Å². The third kappa shape index (κ3) is 5.10. The van der Waals surface area contributed by atoms with Crippen LogP contribution in [0.1, 0.15) is 32.7 Å². The average Bonchev–Trinajstić information content (AvgIpc) is 2.65. The molecule has 0 aromatic heterocycles. The minimum atomic E-state index is -0.770. The van der Waals surface area contributed by atoms with Crippen molar-refractivity contribution in [1.29, 1.82) is 0 Å². The van der Waals surface area contributed by atoms with Gasteiger partial charge in [-0.2, -0.15) is 5.10 Å². The van der Waals surface area contributed by atoms with Crippen LogP contribution in [0, 0.1) is 6.92 Å². The zero-order valence-electron chi connectivity index (χ0n) is 14.0. The van der Waals surface area contributed by atoms with Crippen LogP contribution in [0.3, 0.4) is 0 Å². The predicted molar refractivity (Wildman–Crippen MR) is 93.5 cm³/mol. The average molecular weight is 338 g/mol. The molecule has 0 saturated heterocycles. The molecule has 1 amide bonds. The molecule has 2 rings (SSSR count). The largest absolute Gasteiger partial charge is 0.464 e. The van der Waals surface area contributed by atoms with E-state index in [1.54, 1.807) is 54.6 Å². The number of rotatable bonds is 6. The van der Waals surface area contributed by atoms with Crippen molar-refractivity contribution in [3.63, 3.8) is 0 Å². The SMILES string of the molecule is COC(=O)C(CC(=O)c1ccc(C)cc1)=NNC(=O)c1ccccc1. The Balaban J connectivity index is 2.12. The van der Waals surface area contributed by atoms with Gasteiger partial charge in [0, 0.05) is 11.1 Å². The first kappa shape index (κ1) is 18.1. The van der Waals surface area contributed by atoms with E-state index in [0.717, 1.165) is 5.56 Å². The van der Waals surface area contributed by atoms with Crippen molar-refractivity contribution >= 4 is 23.4 Å². The van der Waals surface area contributed by atoms with Crippen LogP contribution in [0.25, 0.3) is 0 Å². The van der Waals surface area contributed by atoms with Gasteiger partial charge in [0.1, 0.15) is 0 Å². The molecule has 2 aromatic rings. The number of hydrazone groups is 1. The van der Waals surface area contributed by atoms with Gasteiger partial charge >= 0.3 is 5.97 Å². The highest BCUT2D eigenvalue weighted by molar-refractivity contribution is 6.40. The van der Waals surface area contributed by atoms with Gasteiger partial charge in [-0.15, -0.1) is 0 Å². The number of carbonyl (C=O) groups is 3. The highest BCUT2D eigenvalue weighted by atomic mass is 16.5. The van der Waals surface area contributed by atoms with Crippen LogP contribution in [-0.2, 0) is 9.53 Å². The van der Waals surface area contributed by atoms with Gasteiger partial charge in [-0.25, -0.2) is 10.2 Å². The summed E-state index contributed by atoms with van der Waals surface area (Å²) in [6.45, 7) is 1.91. The Labute approximate surface area is 145 Å². The number of ketones is 1. The Morgan fingerprint density at radius 2 is 1.60 bits per heavy atom. The standard InChI is InChI=1S/C19H18N2O4/c1-13-8-10-14(11-9-13)17(22)12-16(19(24)25-2)20-21-18(23)15-6-4-3-5-7-15/h3-11H,12H2,1-2H3,(H,21,23). The van der Waals surface area contributed by atoms with Gasteiger partial charge in [0.25, 0.3) is 5.91 Å². The van der Waals surface area contributed by atoms with Gasteiger partial charge in [0.15, 0.2) is 11.5 Å². The molecule has 0 heterocycles. The molecule has 1 N–H and O–H groups in total. The number of hydrogen-bond acceptors (Lipinski definition) is 5. The molecule has 0 aliphatic heterocycles. The number of hydrogen-bond donors (Lipinski definition) is 1. The Hall–Kier alpha value is -3.28. The lowest BCUT2D eigenvalue weighted by atomic mass is 10.0. The molecule has 6 heteroatoms. The van der Waals surface area contributed by atoms with Crippen LogP contribution in [0.4, 0.5) is 0 Å². The van der Waals surface area contributed by atoms with Crippen LogP contribution in [-0.4, -0.2) is 30.5 Å². The number of methoxy groups -OCH3 is 1. The van der Waals surface area contributed by atoms with Crippen molar-refractivity contribution < 1.29 is 19.1 Å². The molecule has 0 aliphatic rings. The molecule has 128 valence electrons. The molecule has 0 saturated carbocycles. The lowest BCUT2D eigenvalue weighted by Crippen LogP contribution is -2.26. The maximum Gasteiger partial charge on any atom is 0.354 e. The number of amides is 1. The molecule has 2 aromatic carbocycles. The molecule has 0 bridgehead atoms. The smallest absolute Gasteiger partial charge is 0.354 e. The molecule has 0 unspecified atom stereocenters. The first-order valence-electron chi connectivity index (χ1n) is 7.61. The Morgan fingerprint density at radius 1 is 0.960 bits per heavy atom. The number of carbonyl (C=O) groups excluding carboxylic acids is 3. The lowest BCUT2D eigenvalue weighted by molar-refractivity contribution is -0.132. The molecule has 0 aliphatic carbocycles. The van der Waals surface area contributed by atoms with E-state index in [1.165, 1.54) is 7.11 Å². The fraction of sp³-hybridized carbons (Fsp3) is 0.158. The minimum absolute atomic E-state index is 0.169. The first-order chi connectivity index (χ1) is 12.0. The van der Waals surface area contributed by atoms with Crippen LogP contribution >= 0.6 is 0 Å². The van der Waals surface area contributed by atoms with Crippen molar-refractivity contribution in [2.24, 2.45) is 5.10 Å². The molecule has 25 heavy (non-hydrogen) atoms. The highest BCUT2D eigenvalue weighted by Crippen LogP contribution is 2.07. The Kier molecular flexibility index (Phi) is 6.17. The maximum atomic E-state index is 12.3. The summed E-state index contributed by atoms with van der Waals surface area (Å²) in [5.74, 6) is -1.54. The predicted octanol–water partition coefficient (Wildman–Crippen LogP) is 2.53. The van der Waals surface area contributed by atoms with E-state index in [4.69, 9.17) is 0 Å². The highest BCUT2D eigenvalue weighted by Gasteiger charge is 2.18. The number of nitrogens with zero attached hydrogens (tertiary/aromatic N) is 1. The molecular weight excluding hydrogens is 320 g/mol. The minimum Gasteiger partial charge on any atom is -0.464 e. The molecule has 0 spiro atoms. The van der Waals surface area contributed by atoms with E-state index >= 15 is 0 Å². The second-order valence-corrected chi connectivity index (χ2v) is 5.32. The maximum absolute atomic E-state index is 12.3. The number of aryl methyl sites for hydroxylation is 1. The van der Waals surface area contributed by atoms with Crippen molar-refractivity contribution in [1.82, 2.24) is 5.43 Å². The van der Waals surface area contributed by atoms with Crippen molar-refractivity contribution in [2.45, 2.75) is 13.3 Å². The van der Waals surface area contributed by atoms with E-state index in [2.05, 4.69) is 15.3 Å². The van der Waals surface area contributed by atoms with Crippen molar-refractivity contribution in [2.75, 3.05) is 7.11 Å². The number of nitrogens with one attached hydrogen (secondary N) is 1. The monoisotopic (exact) mass is 338 g/mol. The van der Waals surface area contributed by atoms with E-state index in [0.29, 0.717) is 11.1 Å². The van der Waals surface area contributed by atoms with Gasteiger partial charge < -0.3 is 4.74 Å². The molecule has 6 nitrogen and oxygen atoms in total. The normalized spacial score (nSPS) is 10.9. The summed E-state index contributed by atoms with van der Waals surface area (Å²) in [4.78, 5) is 36.1. The fourth-order valence-electron chi connectivity index (χ4n) is 2.04. The second-order valence-electron chi connectivity index (χ2n) is 5.32. The van der Waals surface area contributed by atoms with Gasteiger partial charge in [-0.1, -0.05) is 48.0 Å². The Morgan fingerprint density at radius 3 is 2.20 bits per heavy atom. The van der Waals surface area contributed by atoms with E-state index in [9.17, 15) is 14.4 Å². The quantitative estimate of drug-likeness (QED) is 0.380. The third-order valence-electron chi connectivity index (χ3n) is 3.45. The van der Waals surface area contributed by atoms with Crippen molar-refractivity contribution in [3.8, 4) is 0 Å². The lowest BCUT2D eigenvalue weighted by Gasteiger charge is -2.06. The van der Waals surface area contributed by atoms with Crippen LogP contribution in [0.2, 0.25) is 0 Å². The number of esters is 1. The van der Waals surface area contributed by atoms with E-state index in [1.807, 2.05) is 6.92 Å². The number of Topliss-reactive ketones (excluding diaryl/α,β-unsaturated/α-hetero) is 1. The summed E-state index contributed by atoms with van der Waals surface area (Å²) < 4.78 is 4.63. The van der Waals surface area contributed by atoms with E-state index in [-0.39, 0.29) is 17.9 Å². The number of ether oxygens (including phenoxy) is 1. The summed E-state index contributed by atoms with van der Waals surface area (Å²) >= 11 is 0. The second kappa shape index (κ2) is 8.54. The topological polar surface area (TPSA) is 84.8 Å². The number of benzene rings is 2. The summed E-state index contributed by atoms with van der Waals surface area (Å²) in [5, 5.41) is 3.78. The van der Waals surface area contributed by atoms with Gasteiger partial charge in [-0.05, 0) is 19.1 Å². The first-order valence-corrected chi connectivity index (χ1v) is 7.61. The Bertz CT molecular complexity index is 796. The van der Waals surface area contributed by atoms with Crippen LogP contribution < -0.4 is 5.43 Å².